The molecule has 0 aromatic rings. The van der Waals surface area contributed by atoms with Gasteiger partial charge in [-0.25, -0.2) is 0 Å². The van der Waals surface area contributed by atoms with Crippen molar-refractivity contribution >= 4 is 5.91 Å². The molecule has 0 bridgehead atoms. The molecule has 0 aromatic heterocycles. The predicted octanol–water partition coefficient (Wildman–Crippen LogP) is -0.367. The van der Waals surface area contributed by atoms with Gasteiger partial charge < -0.3 is 19.9 Å². The lowest BCUT2D eigenvalue weighted by Crippen LogP contribution is -2.56. The first-order chi connectivity index (χ1) is 6.54. The van der Waals surface area contributed by atoms with Crippen molar-refractivity contribution in [3.8, 4) is 0 Å². The van der Waals surface area contributed by atoms with Crippen LogP contribution in [0.5, 0.6) is 0 Å². The van der Waals surface area contributed by atoms with Gasteiger partial charge in [0.2, 0.25) is 5.91 Å². The van der Waals surface area contributed by atoms with E-state index in [9.17, 15) is 9.90 Å². The van der Waals surface area contributed by atoms with Crippen LogP contribution in [-0.4, -0.2) is 42.7 Å². The van der Waals surface area contributed by atoms with Gasteiger partial charge in [0, 0.05) is 20.5 Å². The van der Waals surface area contributed by atoms with Gasteiger partial charge in [0.15, 0.2) is 6.29 Å². The van der Waals surface area contributed by atoms with E-state index in [0.717, 1.165) is 0 Å². The van der Waals surface area contributed by atoms with Gasteiger partial charge in [-0.05, 0) is 6.92 Å². The van der Waals surface area contributed by atoms with Crippen molar-refractivity contribution in [2.45, 2.75) is 44.8 Å². The van der Waals surface area contributed by atoms with E-state index in [0.29, 0.717) is 6.42 Å². The maximum Gasteiger partial charge on any atom is 0.217 e. The number of hydrogen-bond acceptors (Lipinski definition) is 4. The van der Waals surface area contributed by atoms with Gasteiger partial charge >= 0.3 is 0 Å². The van der Waals surface area contributed by atoms with Gasteiger partial charge in [-0.2, -0.15) is 0 Å². The molecule has 82 valence electrons. The summed E-state index contributed by atoms with van der Waals surface area (Å²) in [6.07, 6.45) is -0.864. The predicted molar refractivity (Wildman–Crippen MR) is 49.6 cm³/mol. The maximum absolute atomic E-state index is 10.9. The third-order valence-electron chi connectivity index (χ3n) is 2.38. The number of carbonyl (C=O) groups excluding carboxylic acids is 1. The largest absolute Gasteiger partial charge is 0.379 e. The summed E-state index contributed by atoms with van der Waals surface area (Å²) < 4.78 is 10.4. The van der Waals surface area contributed by atoms with Crippen LogP contribution in [-0.2, 0) is 14.3 Å². The fraction of sp³-hybridized carbons (Fsp3) is 0.889. The van der Waals surface area contributed by atoms with E-state index in [1.165, 1.54) is 6.92 Å². The van der Waals surface area contributed by atoms with E-state index >= 15 is 0 Å². The summed E-state index contributed by atoms with van der Waals surface area (Å²) in [7, 11) is 1.56. The number of aliphatic hydroxyl groups excluding tert-OH is 1. The lowest BCUT2D eigenvalue weighted by Gasteiger charge is -2.38. The van der Waals surface area contributed by atoms with Crippen molar-refractivity contribution in [1.29, 1.82) is 0 Å². The summed E-state index contributed by atoms with van der Waals surface area (Å²) in [5.41, 5.74) is 0. The average molecular weight is 203 g/mol. The molecule has 0 saturated carbocycles. The van der Waals surface area contributed by atoms with Gasteiger partial charge in [-0.3, -0.25) is 4.79 Å². The lowest BCUT2D eigenvalue weighted by atomic mass is 9.99. The first kappa shape index (κ1) is 11.4. The van der Waals surface area contributed by atoms with Gasteiger partial charge in [0.05, 0.1) is 18.2 Å². The third-order valence-corrected chi connectivity index (χ3v) is 2.38. The molecule has 4 atom stereocenters. The van der Waals surface area contributed by atoms with Crippen LogP contribution < -0.4 is 5.32 Å². The highest BCUT2D eigenvalue weighted by Crippen LogP contribution is 2.20. The molecule has 1 aliphatic heterocycles. The second kappa shape index (κ2) is 4.72. The number of methoxy groups -OCH3 is 1. The summed E-state index contributed by atoms with van der Waals surface area (Å²) in [5, 5.41) is 12.1. The molecular formula is C9H17NO4. The molecule has 0 aromatic carbocycles. The van der Waals surface area contributed by atoms with Gasteiger partial charge in [-0.1, -0.05) is 0 Å². The molecule has 0 unspecified atom stereocenters. The normalized spacial score (nSPS) is 38.0. The summed E-state index contributed by atoms with van der Waals surface area (Å²) in [6, 6.07) is -0.194. The van der Waals surface area contributed by atoms with Crippen molar-refractivity contribution in [2.75, 3.05) is 7.11 Å². The molecule has 5 heteroatoms. The zero-order valence-corrected chi connectivity index (χ0v) is 8.69. The summed E-state index contributed by atoms with van der Waals surface area (Å²) >= 11 is 0. The number of amides is 1. The number of rotatable bonds is 2. The first-order valence-electron chi connectivity index (χ1n) is 4.68. The quantitative estimate of drug-likeness (QED) is 0.642. The highest BCUT2D eigenvalue weighted by Gasteiger charge is 2.36. The number of ether oxygens (including phenoxy) is 2. The van der Waals surface area contributed by atoms with Crippen LogP contribution in [0, 0.1) is 0 Å². The van der Waals surface area contributed by atoms with Gasteiger partial charge in [-0.15, -0.1) is 0 Å². The van der Waals surface area contributed by atoms with Gasteiger partial charge in [0.1, 0.15) is 0 Å². The Labute approximate surface area is 83.4 Å². The van der Waals surface area contributed by atoms with Crippen LogP contribution in [0.3, 0.4) is 0 Å². The zero-order chi connectivity index (χ0) is 10.7. The van der Waals surface area contributed by atoms with Gasteiger partial charge in [0.25, 0.3) is 0 Å². The van der Waals surface area contributed by atoms with Crippen LogP contribution in [0.4, 0.5) is 0 Å². The van der Waals surface area contributed by atoms with E-state index in [2.05, 4.69) is 5.32 Å². The van der Waals surface area contributed by atoms with Crippen LogP contribution in [0.25, 0.3) is 0 Å². The van der Waals surface area contributed by atoms with E-state index in [1.807, 2.05) is 0 Å². The third kappa shape index (κ3) is 2.67. The Hall–Kier alpha value is -0.650. The number of nitrogens with one attached hydrogen (secondary N) is 1. The summed E-state index contributed by atoms with van der Waals surface area (Å²) in [4.78, 5) is 10.9. The maximum atomic E-state index is 10.9. The summed E-state index contributed by atoms with van der Waals surface area (Å²) in [6.45, 7) is 3.25. The Morgan fingerprint density at radius 1 is 1.64 bits per heavy atom. The van der Waals surface area contributed by atoms with E-state index in [-0.39, 0.29) is 24.2 Å². The van der Waals surface area contributed by atoms with Crippen LogP contribution in [0.1, 0.15) is 20.3 Å². The minimum atomic E-state index is -0.806. The Morgan fingerprint density at radius 3 is 2.79 bits per heavy atom. The molecule has 1 saturated heterocycles. The molecule has 1 aliphatic rings. The molecule has 0 spiro atoms. The fourth-order valence-electron chi connectivity index (χ4n) is 1.72. The lowest BCUT2D eigenvalue weighted by molar-refractivity contribution is -0.201. The van der Waals surface area contributed by atoms with Crippen LogP contribution >= 0.6 is 0 Å². The Morgan fingerprint density at radius 2 is 2.29 bits per heavy atom. The summed E-state index contributed by atoms with van der Waals surface area (Å²) in [5.74, 6) is -0.121. The smallest absolute Gasteiger partial charge is 0.217 e. The highest BCUT2D eigenvalue weighted by molar-refractivity contribution is 5.73. The molecule has 1 heterocycles. The highest BCUT2D eigenvalue weighted by atomic mass is 16.6. The van der Waals surface area contributed by atoms with E-state index in [4.69, 9.17) is 9.47 Å². The van der Waals surface area contributed by atoms with Crippen LogP contribution in [0.15, 0.2) is 0 Å². The molecule has 1 fully saturated rings. The van der Waals surface area contributed by atoms with Crippen LogP contribution in [0.2, 0.25) is 0 Å². The fourth-order valence-corrected chi connectivity index (χ4v) is 1.72. The van der Waals surface area contributed by atoms with Crippen molar-refractivity contribution in [3.63, 3.8) is 0 Å². The molecule has 0 radical (unpaired) electrons. The molecule has 1 rings (SSSR count). The Balaban J connectivity index is 2.63. The zero-order valence-electron chi connectivity index (χ0n) is 8.69. The monoisotopic (exact) mass is 203 g/mol. The first-order valence-corrected chi connectivity index (χ1v) is 4.68. The van der Waals surface area contributed by atoms with Crippen molar-refractivity contribution in [3.05, 3.63) is 0 Å². The number of hydrogen-bond donors (Lipinski definition) is 2. The number of aliphatic hydroxyl groups is 1. The molecule has 14 heavy (non-hydrogen) atoms. The van der Waals surface area contributed by atoms with Crippen molar-refractivity contribution in [1.82, 2.24) is 5.32 Å². The Bertz CT molecular complexity index is 209. The van der Waals surface area contributed by atoms with E-state index < -0.39 is 6.29 Å². The molecule has 5 nitrogen and oxygen atoms in total. The molecule has 0 aliphatic carbocycles. The van der Waals surface area contributed by atoms with Crippen molar-refractivity contribution in [2.24, 2.45) is 0 Å². The Kier molecular flexibility index (Phi) is 3.86. The second-order valence-corrected chi connectivity index (χ2v) is 3.53. The average Bonchev–Trinajstić information content (AvgIpc) is 2.08. The molecular weight excluding hydrogens is 186 g/mol. The topological polar surface area (TPSA) is 67.8 Å². The van der Waals surface area contributed by atoms with Crippen molar-refractivity contribution < 1.29 is 19.4 Å². The standard InChI is InChI=1S/C9H17NO4/c1-5-9(10-6(2)11)7(13-3)4-8(12)14-5/h5,7-9,12H,4H2,1-3H3,(H,10,11)/t5-,7+,8+,9+/m1/s1. The molecule has 2 N–H and O–H groups in total. The minimum absolute atomic E-state index is 0.121. The second-order valence-electron chi connectivity index (χ2n) is 3.53. The number of carbonyl (C=O) groups is 1. The SMILES string of the molecule is CO[C@H]1C[C@@H](O)O[C@H](C)[C@@H]1NC(C)=O. The van der Waals surface area contributed by atoms with E-state index in [1.54, 1.807) is 14.0 Å². The molecule has 1 amide bonds. The minimum Gasteiger partial charge on any atom is -0.379 e.